The highest BCUT2D eigenvalue weighted by molar-refractivity contribution is 9.10. The van der Waals surface area contributed by atoms with Crippen LogP contribution in [0.15, 0.2) is 40.9 Å². The van der Waals surface area contributed by atoms with E-state index < -0.39 is 5.82 Å². The standard InChI is InChI=1S/C14H9BrClFN2/c15-11-2-4-14(10(6-11)7-18)19-8-9-1-3-12(16)13(17)5-9/h1-6,19H,8H2. The molecule has 19 heavy (non-hydrogen) atoms. The lowest BCUT2D eigenvalue weighted by atomic mass is 10.1. The van der Waals surface area contributed by atoms with Crippen LogP contribution in [-0.4, -0.2) is 0 Å². The zero-order chi connectivity index (χ0) is 13.8. The van der Waals surface area contributed by atoms with Crippen LogP contribution in [0.4, 0.5) is 10.1 Å². The Balaban J connectivity index is 2.14. The summed E-state index contributed by atoms with van der Waals surface area (Å²) >= 11 is 8.93. The fourth-order valence-corrected chi connectivity index (χ4v) is 2.09. The first-order chi connectivity index (χ1) is 9.10. The molecule has 0 spiro atoms. The van der Waals surface area contributed by atoms with Crippen LogP contribution in [0.3, 0.4) is 0 Å². The summed E-state index contributed by atoms with van der Waals surface area (Å²) < 4.78 is 14.1. The minimum atomic E-state index is -0.447. The van der Waals surface area contributed by atoms with Gasteiger partial charge in [0, 0.05) is 11.0 Å². The third-order valence-corrected chi connectivity index (χ3v) is 3.37. The number of nitrogens with zero attached hydrogens (tertiary/aromatic N) is 1. The zero-order valence-electron chi connectivity index (χ0n) is 9.75. The van der Waals surface area contributed by atoms with Gasteiger partial charge in [0.05, 0.1) is 16.3 Å². The molecule has 0 unspecified atom stereocenters. The lowest BCUT2D eigenvalue weighted by Crippen LogP contribution is -2.01. The van der Waals surface area contributed by atoms with Crippen molar-refractivity contribution in [3.05, 3.63) is 62.8 Å². The number of hydrogen-bond acceptors (Lipinski definition) is 2. The molecule has 2 nitrogen and oxygen atoms in total. The molecule has 0 aliphatic heterocycles. The first kappa shape index (κ1) is 13.9. The predicted octanol–water partition coefficient (Wildman–Crippen LogP) is 4.73. The lowest BCUT2D eigenvalue weighted by Gasteiger charge is -2.09. The summed E-state index contributed by atoms with van der Waals surface area (Å²) in [7, 11) is 0. The summed E-state index contributed by atoms with van der Waals surface area (Å²) in [6.07, 6.45) is 0. The molecule has 0 saturated carbocycles. The number of rotatable bonds is 3. The van der Waals surface area contributed by atoms with Gasteiger partial charge in [0.15, 0.2) is 0 Å². The molecule has 5 heteroatoms. The van der Waals surface area contributed by atoms with Gasteiger partial charge < -0.3 is 5.32 Å². The van der Waals surface area contributed by atoms with E-state index in [2.05, 4.69) is 27.3 Å². The molecular weight excluding hydrogens is 331 g/mol. The van der Waals surface area contributed by atoms with Crippen LogP contribution in [0.25, 0.3) is 0 Å². The normalized spacial score (nSPS) is 10.0. The van der Waals surface area contributed by atoms with Crippen LogP contribution >= 0.6 is 27.5 Å². The van der Waals surface area contributed by atoms with Gasteiger partial charge in [-0.25, -0.2) is 4.39 Å². The smallest absolute Gasteiger partial charge is 0.142 e. The number of halogens is 3. The number of nitriles is 1. The van der Waals surface area contributed by atoms with Gasteiger partial charge >= 0.3 is 0 Å². The van der Waals surface area contributed by atoms with Crippen LogP contribution in [0, 0.1) is 17.1 Å². The highest BCUT2D eigenvalue weighted by atomic mass is 79.9. The van der Waals surface area contributed by atoms with Crippen molar-refractivity contribution >= 4 is 33.2 Å². The van der Waals surface area contributed by atoms with E-state index in [4.69, 9.17) is 16.9 Å². The molecule has 0 radical (unpaired) electrons. The minimum absolute atomic E-state index is 0.102. The van der Waals surface area contributed by atoms with E-state index >= 15 is 0 Å². The molecule has 2 rings (SSSR count). The molecule has 0 aliphatic carbocycles. The second kappa shape index (κ2) is 6.05. The number of hydrogen-bond donors (Lipinski definition) is 1. The Morgan fingerprint density at radius 3 is 2.74 bits per heavy atom. The summed E-state index contributed by atoms with van der Waals surface area (Å²) in [5.74, 6) is -0.447. The van der Waals surface area contributed by atoms with E-state index in [1.165, 1.54) is 12.1 Å². The molecule has 1 N–H and O–H groups in total. The molecule has 0 amide bonds. The molecular formula is C14H9BrClFN2. The lowest BCUT2D eigenvalue weighted by molar-refractivity contribution is 0.626. The predicted molar refractivity (Wildman–Crippen MR) is 77.6 cm³/mol. The maximum atomic E-state index is 13.3. The van der Waals surface area contributed by atoms with Gasteiger partial charge in [-0.1, -0.05) is 33.6 Å². The average Bonchev–Trinajstić information content (AvgIpc) is 2.41. The monoisotopic (exact) mass is 338 g/mol. The van der Waals surface area contributed by atoms with Crippen LogP contribution < -0.4 is 5.32 Å². The Bertz CT molecular complexity index is 652. The molecule has 0 aromatic heterocycles. The molecule has 0 fully saturated rings. The quantitative estimate of drug-likeness (QED) is 0.878. The fraction of sp³-hybridized carbons (Fsp3) is 0.0714. The molecule has 0 atom stereocenters. The van der Waals surface area contributed by atoms with E-state index in [9.17, 15) is 4.39 Å². The van der Waals surface area contributed by atoms with Gasteiger partial charge in [-0.05, 0) is 35.9 Å². The van der Waals surface area contributed by atoms with Crippen molar-refractivity contribution in [3.63, 3.8) is 0 Å². The maximum absolute atomic E-state index is 13.3. The van der Waals surface area contributed by atoms with E-state index in [1.807, 2.05) is 6.07 Å². The summed E-state index contributed by atoms with van der Waals surface area (Å²) in [6, 6.07) is 12.1. The largest absolute Gasteiger partial charge is 0.380 e. The third kappa shape index (κ3) is 3.46. The third-order valence-electron chi connectivity index (χ3n) is 2.57. The fourth-order valence-electron chi connectivity index (χ4n) is 1.61. The second-order valence-corrected chi connectivity index (χ2v) is 5.23. The van der Waals surface area contributed by atoms with Crippen molar-refractivity contribution in [1.82, 2.24) is 0 Å². The van der Waals surface area contributed by atoms with Gasteiger partial charge in [0.2, 0.25) is 0 Å². The minimum Gasteiger partial charge on any atom is -0.380 e. The van der Waals surface area contributed by atoms with Crippen LogP contribution in [0.1, 0.15) is 11.1 Å². The molecule has 2 aromatic carbocycles. The second-order valence-electron chi connectivity index (χ2n) is 3.90. The highest BCUT2D eigenvalue weighted by Crippen LogP contribution is 2.21. The van der Waals surface area contributed by atoms with Crippen molar-refractivity contribution in [1.29, 1.82) is 5.26 Å². The Hall–Kier alpha value is -1.57. The molecule has 0 saturated heterocycles. The molecule has 2 aromatic rings. The Labute approximate surface area is 123 Å². The molecule has 0 aliphatic rings. The average molecular weight is 340 g/mol. The van der Waals surface area contributed by atoms with Gasteiger partial charge in [-0.15, -0.1) is 0 Å². The number of nitrogens with one attached hydrogen (secondary N) is 1. The molecule has 0 bridgehead atoms. The van der Waals surface area contributed by atoms with Crippen LogP contribution in [0.5, 0.6) is 0 Å². The van der Waals surface area contributed by atoms with Crippen LogP contribution in [-0.2, 0) is 6.54 Å². The zero-order valence-corrected chi connectivity index (χ0v) is 12.1. The van der Waals surface area contributed by atoms with Gasteiger partial charge in [0.25, 0.3) is 0 Å². The number of anilines is 1. The SMILES string of the molecule is N#Cc1cc(Br)ccc1NCc1ccc(Cl)c(F)c1. The summed E-state index contributed by atoms with van der Waals surface area (Å²) in [4.78, 5) is 0. The van der Waals surface area contributed by atoms with Gasteiger partial charge in [-0.2, -0.15) is 5.26 Å². The molecule has 96 valence electrons. The highest BCUT2D eigenvalue weighted by Gasteiger charge is 2.04. The summed E-state index contributed by atoms with van der Waals surface area (Å²) in [5, 5.41) is 12.2. The Morgan fingerprint density at radius 1 is 1.26 bits per heavy atom. The first-order valence-electron chi connectivity index (χ1n) is 5.47. The van der Waals surface area contributed by atoms with Gasteiger partial charge in [-0.3, -0.25) is 0 Å². The van der Waals surface area contributed by atoms with Gasteiger partial charge in [0.1, 0.15) is 11.9 Å². The van der Waals surface area contributed by atoms with E-state index in [0.717, 1.165) is 10.0 Å². The maximum Gasteiger partial charge on any atom is 0.142 e. The molecule has 0 heterocycles. The van der Waals surface area contributed by atoms with Crippen molar-refractivity contribution in [2.45, 2.75) is 6.54 Å². The first-order valence-corrected chi connectivity index (χ1v) is 6.64. The van der Waals surface area contributed by atoms with E-state index in [0.29, 0.717) is 17.8 Å². The van der Waals surface area contributed by atoms with Crippen molar-refractivity contribution < 1.29 is 4.39 Å². The number of benzene rings is 2. The van der Waals surface area contributed by atoms with Crippen molar-refractivity contribution in [2.75, 3.05) is 5.32 Å². The van der Waals surface area contributed by atoms with Crippen molar-refractivity contribution in [2.24, 2.45) is 0 Å². The Kier molecular flexibility index (Phi) is 4.41. The topological polar surface area (TPSA) is 35.8 Å². The van der Waals surface area contributed by atoms with E-state index in [-0.39, 0.29) is 5.02 Å². The van der Waals surface area contributed by atoms with Crippen LogP contribution in [0.2, 0.25) is 5.02 Å². The van der Waals surface area contributed by atoms with Crippen molar-refractivity contribution in [3.8, 4) is 6.07 Å². The van der Waals surface area contributed by atoms with E-state index in [1.54, 1.807) is 18.2 Å². The summed E-state index contributed by atoms with van der Waals surface area (Å²) in [5.41, 5.74) is 2.00. The Morgan fingerprint density at radius 2 is 2.05 bits per heavy atom. The summed E-state index contributed by atoms with van der Waals surface area (Å²) in [6.45, 7) is 0.421.